The van der Waals surface area contributed by atoms with Gasteiger partial charge >= 0.3 is 0 Å². The molecule has 0 amide bonds. The van der Waals surface area contributed by atoms with E-state index in [1.165, 1.54) is 0 Å². The average Bonchev–Trinajstić information content (AvgIpc) is 2.47. The maximum Gasteiger partial charge on any atom is 0.138 e. The lowest BCUT2D eigenvalue weighted by Crippen LogP contribution is -2.03. The Hall–Kier alpha value is -2.02. The maximum absolute atomic E-state index is 9.02. The van der Waals surface area contributed by atoms with E-state index in [0.29, 0.717) is 29.5 Å². The zero-order valence-electron chi connectivity index (χ0n) is 11.0. The molecule has 102 valence electrons. The normalized spacial score (nSPS) is 10.1. The fraction of sp³-hybridized carbons (Fsp3) is 0.188. The molecule has 0 aromatic heterocycles. The highest BCUT2D eigenvalue weighted by Crippen LogP contribution is 2.26. The third kappa shape index (κ3) is 3.51. The van der Waals surface area contributed by atoms with E-state index in [2.05, 4.69) is 6.07 Å². The summed E-state index contributed by atoms with van der Waals surface area (Å²) in [7, 11) is 0. The lowest BCUT2D eigenvalue weighted by atomic mass is 10.1. The summed E-state index contributed by atoms with van der Waals surface area (Å²) in [5.74, 6) is 0.611. The Morgan fingerprint density at radius 2 is 2.00 bits per heavy atom. The van der Waals surface area contributed by atoms with Crippen molar-refractivity contribution in [1.82, 2.24) is 0 Å². The molecule has 20 heavy (non-hydrogen) atoms. The van der Waals surface area contributed by atoms with Crippen LogP contribution in [0.25, 0.3) is 0 Å². The minimum absolute atomic E-state index is 0.319. The van der Waals surface area contributed by atoms with Crippen LogP contribution in [-0.2, 0) is 13.0 Å². The summed E-state index contributed by atoms with van der Waals surface area (Å²) in [6.07, 6.45) is 0.789. The van der Waals surface area contributed by atoms with Gasteiger partial charge in [-0.1, -0.05) is 35.9 Å². The maximum atomic E-state index is 9.02. The molecule has 4 heteroatoms. The molecular weight excluding hydrogens is 272 g/mol. The molecule has 0 saturated heterocycles. The van der Waals surface area contributed by atoms with Crippen LogP contribution in [0, 0.1) is 11.3 Å². The van der Waals surface area contributed by atoms with Gasteiger partial charge in [0.15, 0.2) is 0 Å². The number of hydrogen-bond donors (Lipinski definition) is 1. The van der Waals surface area contributed by atoms with E-state index < -0.39 is 0 Å². The highest BCUT2D eigenvalue weighted by molar-refractivity contribution is 6.32. The Bertz CT molecular complexity index is 635. The lowest BCUT2D eigenvalue weighted by Gasteiger charge is -2.10. The van der Waals surface area contributed by atoms with Crippen molar-refractivity contribution in [3.63, 3.8) is 0 Å². The first kappa shape index (κ1) is 14.4. The van der Waals surface area contributed by atoms with E-state index in [1.807, 2.05) is 36.4 Å². The van der Waals surface area contributed by atoms with Crippen LogP contribution in [0.5, 0.6) is 5.75 Å². The second-order valence-corrected chi connectivity index (χ2v) is 4.77. The number of nitrogens with two attached hydrogens (primary N) is 1. The van der Waals surface area contributed by atoms with Gasteiger partial charge in [-0.05, 0) is 36.7 Å². The van der Waals surface area contributed by atoms with E-state index in [9.17, 15) is 0 Å². The molecular formula is C16H15ClN2O. The highest BCUT2D eigenvalue weighted by atomic mass is 35.5. The second-order valence-electron chi connectivity index (χ2n) is 4.36. The molecule has 0 heterocycles. The van der Waals surface area contributed by atoms with E-state index in [0.717, 1.165) is 17.5 Å². The molecule has 0 aliphatic rings. The van der Waals surface area contributed by atoms with Gasteiger partial charge < -0.3 is 10.5 Å². The number of halogens is 1. The van der Waals surface area contributed by atoms with E-state index >= 15 is 0 Å². The largest absolute Gasteiger partial charge is 0.487 e. The van der Waals surface area contributed by atoms with Gasteiger partial charge in [0.1, 0.15) is 12.4 Å². The number of hydrogen-bond acceptors (Lipinski definition) is 3. The zero-order valence-corrected chi connectivity index (χ0v) is 11.7. The Labute approximate surface area is 123 Å². The van der Waals surface area contributed by atoms with Gasteiger partial charge in [0.25, 0.3) is 0 Å². The van der Waals surface area contributed by atoms with Gasteiger partial charge in [-0.25, -0.2) is 0 Å². The molecule has 0 spiro atoms. The van der Waals surface area contributed by atoms with E-state index in [4.69, 9.17) is 27.3 Å². The van der Waals surface area contributed by atoms with Crippen LogP contribution in [0.15, 0.2) is 42.5 Å². The number of rotatable bonds is 5. The zero-order chi connectivity index (χ0) is 14.4. The van der Waals surface area contributed by atoms with Crippen LogP contribution < -0.4 is 10.5 Å². The first-order valence-corrected chi connectivity index (χ1v) is 6.71. The van der Waals surface area contributed by atoms with Crippen molar-refractivity contribution in [2.24, 2.45) is 5.73 Å². The average molecular weight is 287 g/mol. The highest BCUT2D eigenvalue weighted by Gasteiger charge is 2.06. The standard InChI is InChI=1S/C16H15ClN2O/c17-15-9-12(7-8-18)5-6-16(15)20-11-14-4-2-1-3-13(14)10-19/h1-6,9H,7-8,11,18H2. The predicted octanol–water partition coefficient (Wildman–Crippen LogP) is 3.29. The first-order chi connectivity index (χ1) is 9.74. The van der Waals surface area contributed by atoms with Crippen molar-refractivity contribution < 1.29 is 4.74 Å². The SMILES string of the molecule is N#Cc1ccccc1COc1ccc(CCN)cc1Cl. The smallest absolute Gasteiger partial charge is 0.138 e. The molecule has 0 aliphatic carbocycles. The molecule has 0 atom stereocenters. The third-order valence-electron chi connectivity index (χ3n) is 2.95. The predicted molar refractivity (Wildman–Crippen MR) is 79.7 cm³/mol. The van der Waals surface area contributed by atoms with Crippen molar-refractivity contribution in [3.8, 4) is 11.8 Å². The van der Waals surface area contributed by atoms with Crippen molar-refractivity contribution in [2.75, 3.05) is 6.54 Å². The third-order valence-corrected chi connectivity index (χ3v) is 3.25. The molecule has 0 unspecified atom stereocenters. The van der Waals surface area contributed by atoms with Gasteiger partial charge in [0, 0.05) is 5.56 Å². The first-order valence-electron chi connectivity index (χ1n) is 6.34. The monoisotopic (exact) mass is 286 g/mol. The van der Waals surface area contributed by atoms with Crippen LogP contribution in [0.2, 0.25) is 5.02 Å². The number of nitriles is 1. The van der Waals surface area contributed by atoms with Gasteiger partial charge in [-0.3, -0.25) is 0 Å². The molecule has 0 aliphatic heterocycles. The Kier molecular flexibility index (Phi) is 5.00. The number of nitrogens with zero attached hydrogens (tertiary/aromatic N) is 1. The Morgan fingerprint density at radius 3 is 2.70 bits per heavy atom. The molecule has 2 N–H and O–H groups in total. The summed E-state index contributed by atoms with van der Waals surface area (Å²) in [4.78, 5) is 0. The molecule has 2 aromatic carbocycles. The van der Waals surface area contributed by atoms with E-state index in [1.54, 1.807) is 6.07 Å². The molecule has 0 fully saturated rings. The van der Waals surface area contributed by atoms with Crippen LogP contribution in [0.1, 0.15) is 16.7 Å². The van der Waals surface area contributed by atoms with Crippen molar-refractivity contribution in [3.05, 3.63) is 64.2 Å². The van der Waals surface area contributed by atoms with Gasteiger partial charge in [-0.15, -0.1) is 0 Å². The summed E-state index contributed by atoms with van der Waals surface area (Å²) in [6.45, 7) is 0.908. The number of ether oxygens (including phenoxy) is 1. The Morgan fingerprint density at radius 1 is 1.20 bits per heavy atom. The van der Waals surface area contributed by atoms with Gasteiger partial charge in [0.2, 0.25) is 0 Å². The number of benzene rings is 2. The van der Waals surface area contributed by atoms with Gasteiger partial charge in [0.05, 0.1) is 16.7 Å². The van der Waals surface area contributed by atoms with Crippen molar-refractivity contribution >= 4 is 11.6 Å². The second kappa shape index (κ2) is 6.95. The fourth-order valence-corrected chi connectivity index (χ4v) is 2.15. The molecule has 0 bridgehead atoms. The summed E-state index contributed by atoms with van der Waals surface area (Å²) < 4.78 is 5.68. The topological polar surface area (TPSA) is 59.0 Å². The van der Waals surface area contributed by atoms with Crippen LogP contribution in [-0.4, -0.2) is 6.54 Å². The minimum atomic E-state index is 0.319. The Balaban J connectivity index is 2.09. The van der Waals surface area contributed by atoms with E-state index in [-0.39, 0.29) is 0 Å². The molecule has 3 nitrogen and oxygen atoms in total. The summed E-state index contributed by atoms with van der Waals surface area (Å²) in [5, 5.41) is 9.58. The molecule has 0 radical (unpaired) electrons. The summed E-state index contributed by atoms with van der Waals surface area (Å²) in [5.41, 5.74) is 8.05. The summed E-state index contributed by atoms with van der Waals surface area (Å²) >= 11 is 6.17. The summed E-state index contributed by atoms with van der Waals surface area (Å²) in [6, 6.07) is 15.1. The lowest BCUT2D eigenvalue weighted by molar-refractivity contribution is 0.306. The molecule has 2 aromatic rings. The van der Waals surface area contributed by atoms with Gasteiger partial charge in [-0.2, -0.15) is 5.26 Å². The molecule has 2 rings (SSSR count). The minimum Gasteiger partial charge on any atom is -0.487 e. The van der Waals surface area contributed by atoms with Crippen LogP contribution in [0.4, 0.5) is 0 Å². The molecule has 0 saturated carbocycles. The van der Waals surface area contributed by atoms with Crippen LogP contribution >= 0.6 is 11.6 Å². The van der Waals surface area contributed by atoms with Crippen molar-refractivity contribution in [2.45, 2.75) is 13.0 Å². The van der Waals surface area contributed by atoms with Crippen LogP contribution in [0.3, 0.4) is 0 Å². The quantitative estimate of drug-likeness (QED) is 0.917. The van der Waals surface area contributed by atoms with Crippen molar-refractivity contribution in [1.29, 1.82) is 5.26 Å². The fourth-order valence-electron chi connectivity index (χ4n) is 1.89.